The van der Waals surface area contributed by atoms with E-state index in [1.807, 2.05) is 0 Å². The normalized spacial score (nSPS) is 15.5. The van der Waals surface area contributed by atoms with Crippen LogP contribution in [-0.4, -0.2) is 43.2 Å². The van der Waals surface area contributed by atoms with Crippen molar-refractivity contribution in [3.8, 4) is 0 Å². The van der Waals surface area contributed by atoms with Crippen molar-refractivity contribution >= 4 is 0 Å². The maximum Gasteiger partial charge on any atom is 0.133 e. The number of aliphatic hydroxyl groups is 1. The second-order valence-electron chi connectivity index (χ2n) is 5.05. The van der Waals surface area contributed by atoms with Gasteiger partial charge in [0.2, 0.25) is 0 Å². The Hall–Kier alpha value is -0.840. The number of aliphatic hydroxyl groups excluding tert-OH is 1. The molecule has 0 amide bonds. The lowest BCUT2D eigenvalue weighted by molar-refractivity contribution is 0.136. The van der Waals surface area contributed by atoms with Crippen molar-refractivity contribution in [3.63, 3.8) is 0 Å². The smallest absolute Gasteiger partial charge is 0.133 e. The van der Waals surface area contributed by atoms with Gasteiger partial charge in [0.25, 0.3) is 0 Å². The molecule has 0 aliphatic heterocycles. The van der Waals surface area contributed by atoms with Gasteiger partial charge in [-0.25, -0.2) is 0 Å². The maximum atomic E-state index is 9.90. The van der Waals surface area contributed by atoms with Gasteiger partial charge < -0.3 is 19.7 Å². The van der Waals surface area contributed by atoms with Crippen LogP contribution in [0.2, 0.25) is 0 Å². The minimum Gasteiger partial charge on any atom is -0.467 e. The van der Waals surface area contributed by atoms with Gasteiger partial charge in [-0.2, -0.15) is 0 Å². The molecule has 98 valence electrons. The first kappa shape index (κ1) is 14.2. The lowest BCUT2D eigenvalue weighted by atomic mass is 10.0. The first-order chi connectivity index (χ1) is 8.00. The van der Waals surface area contributed by atoms with E-state index < -0.39 is 6.10 Å². The molecule has 0 saturated carbocycles. The Morgan fingerprint density at radius 3 is 2.59 bits per heavy atom. The van der Waals surface area contributed by atoms with Crippen molar-refractivity contribution in [2.24, 2.45) is 5.92 Å². The summed E-state index contributed by atoms with van der Waals surface area (Å²) in [5.74, 6) is 1.14. The minimum atomic E-state index is -0.576. The third kappa shape index (κ3) is 4.89. The Morgan fingerprint density at radius 1 is 1.41 bits per heavy atom. The van der Waals surface area contributed by atoms with Gasteiger partial charge in [-0.15, -0.1) is 0 Å². The Balaban J connectivity index is 2.41. The summed E-state index contributed by atoms with van der Waals surface area (Å²) >= 11 is 0. The minimum absolute atomic E-state index is 0.370. The number of likely N-dealkylation sites (N-methyl/N-ethyl adjacent to an activating group) is 1. The molecule has 1 heterocycles. The molecule has 0 fully saturated rings. The number of rotatable bonds is 7. The molecular formula is C13H24N2O2. The number of hydrogen-bond donors (Lipinski definition) is 2. The fourth-order valence-electron chi connectivity index (χ4n) is 1.75. The molecule has 4 nitrogen and oxygen atoms in total. The molecule has 0 spiro atoms. The molecule has 0 aliphatic rings. The Bertz CT molecular complexity index is 296. The van der Waals surface area contributed by atoms with Crippen molar-refractivity contribution in [3.05, 3.63) is 24.2 Å². The molecule has 17 heavy (non-hydrogen) atoms. The molecule has 0 bridgehead atoms. The fourth-order valence-corrected chi connectivity index (χ4v) is 1.75. The van der Waals surface area contributed by atoms with Crippen LogP contribution in [0.15, 0.2) is 22.8 Å². The summed E-state index contributed by atoms with van der Waals surface area (Å²) in [5.41, 5.74) is 0. The van der Waals surface area contributed by atoms with Crippen LogP contribution in [0, 0.1) is 5.92 Å². The Kier molecular flexibility index (Phi) is 5.68. The van der Waals surface area contributed by atoms with E-state index in [2.05, 4.69) is 38.2 Å². The lowest BCUT2D eigenvalue weighted by Crippen LogP contribution is -2.43. The molecule has 0 aromatic carbocycles. The molecule has 1 aromatic heterocycles. The van der Waals surface area contributed by atoms with E-state index >= 15 is 0 Å². The van der Waals surface area contributed by atoms with Crippen LogP contribution in [0.5, 0.6) is 0 Å². The highest BCUT2D eigenvalue weighted by molar-refractivity contribution is 5.02. The van der Waals surface area contributed by atoms with Crippen LogP contribution < -0.4 is 5.32 Å². The van der Waals surface area contributed by atoms with Crippen molar-refractivity contribution in [1.29, 1.82) is 0 Å². The van der Waals surface area contributed by atoms with E-state index in [0.717, 1.165) is 6.54 Å². The lowest BCUT2D eigenvalue weighted by Gasteiger charge is -2.26. The largest absolute Gasteiger partial charge is 0.467 e. The Morgan fingerprint density at radius 2 is 2.12 bits per heavy atom. The van der Waals surface area contributed by atoms with Crippen molar-refractivity contribution in [1.82, 2.24) is 10.2 Å². The highest BCUT2D eigenvalue weighted by Crippen LogP contribution is 2.12. The van der Waals surface area contributed by atoms with Crippen molar-refractivity contribution in [2.45, 2.75) is 26.0 Å². The van der Waals surface area contributed by atoms with Gasteiger partial charge in [0.1, 0.15) is 11.9 Å². The standard InChI is InChI=1S/C13H24N2O2/c1-10(2)11(9-15(3)4)14-8-12(16)13-6-5-7-17-13/h5-7,10-12,14,16H,8-9H2,1-4H3. The highest BCUT2D eigenvalue weighted by Gasteiger charge is 2.17. The maximum absolute atomic E-state index is 9.90. The first-order valence-electron chi connectivity index (χ1n) is 6.10. The molecule has 2 N–H and O–H groups in total. The molecule has 1 rings (SSSR count). The third-order valence-electron chi connectivity index (χ3n) is 2.81. The van der Waals surface area contributed by atoms with Gasteiger partial charge in [-0.3, -0.25) is 0 Å². The van der Waals surface area contributed by atoms with Crippen LogP contribution in [0.1, 0.15) is 25.7 Å². The summed E-state index contributed by atoms with van der Waals surface area (Å²) < 4.78 is 5.17. The van der Waals surface area contributed by atoms with Gasteiger partial charge in [0.15, 0.2) is 0 Å². The van der Waals surface area contributed by atoms with Crippen molar-refractivity contribution < 1.29 is 9.52 Å². The molecule has 0 radical (unpaired) electrons. The summed E-state index contributed by atoms with van der Waals surface area (Å²) in [7, 11) is 4.11. The van der Waals surface area contributed by atoms with E-state index in [0.29, 0.717) is 24.3 Å². The van der Waals surface area contributed by atoms with Crippen LogP contribution in [-0.2, 0) is 0 Å². The van der Waals surface area contributed by atoms with Crippen LogP contribution in [0.3, 0.4) is 0 Å². The summed E-state index contributed by atoms with van der Waals surface area (Å²) in [6, 6.07) is 3.95. The number of furan rings is 1. The van der Waals surface area contributed by atoms with E-state index in [-0.39, 0.29) is 0 Å². The average Bonchev–Trinajstić information content (AvgIpc) is 2.76. The molecule has 0 aliphatic carbocycles. The highest BCUT2D eigenvalue weighted by atomic mass is 16.4. The first-order valence-corrected chi connectivity index (χ1v) is 6.10. The van der Waals surface area contributed by atoms with Gasteiger partial charge in [-0.1, -0.05) is 13.8 Å². The van der Waals surface area contributed by atoms with Gasteiger partial charge >= 0.3 is 0 Å². The molecule has 4 heteroatoms. The predicted molar refractivity (Wildman–Crippen MR) is 68.9 cm³/mol. The quantitative estimate of drug-likeness (QED) is 0.758. The zero-order valence-electron chi connectivity index (χ0n) is 11.2. The van der Waals surface area contributed by atoms with Crippen LogP contribution in [0.25, 0.3) is 0 Å². The van der Waals surface area contributed by atoms with Gasteiger partial charge in [-0.05, 0) is 32.1 Å². The van der Waals surface area contributed by atoms with Crippen molar-refractivity contribution in [2.75, 3.05) is 27.2 Å². The SMILES string of the molecule is CC(C)C(CN(C)C)NCC(O)c1ccco1. The van der Waals surface area contributed by atoms with E-state index in [1.165, 1.54) is 0 Å². The third-order valence-corrected chi connectivity index (χ3v) is 2.81. The number of nitrogens with zero attached hydrogens (tertiary/aromatic N) is 1. The summed E-state index contributed by atoms with van der Waals surface area (Å²) in [6.45, 7) is 5.84. The monoisotopic (exact) mass is 240 g/mol. The second kappa shape index (κ2) is 6.79. The fraction of sp³-hybridized carbons (Fsp3) is 0.692. The second-order valence-corrected chi connectivity index (χ2v) is 5.05. The molecule has 2 unspecified atom stereocenters. The predicted octanol–water partition coefficient (Wildman–Crippen LogP) is 1.49. The number of nitrogens with one attached hydrogen (secondary N) is 1. The zero-order valence-corrected chi connectivity index (χ0v) is 11.2. The summed E-state index contributed by atoms with van der Waals surface area (Å²) in [6.07, 6.45) is 1.01. The molecule has 2 atom stereocenters. The summed E-state index contributed by atoms with van der Waals surface area (Å²) in [5, 5.41) is 13.3. The van der Waals surface area contributed by atoms with Crippen LogP contribution >= 0.6 is 0 Å². The molecule has 1 aromatic rings. The Labute approximate surface area is 104 Å². The van der Waals surface area contributed by atoms with Gasteiger partial charge in [0.05, 0.1) is 6.26 Å². The van der Waals surface area contributed by atoms with E-state index in [9.17, 15) is 5.11 Å². The number of hydrogen-bond acceptors (Lipinski definition) is 4. The molecule has 0 saturated heterocycles. The summed E-state index contributed by atoms with van der Waals surface area (Å²) in [4.78, 5) is 2.15. The zero-order chi connectivity index (χ0) is 12.8. The van der Waals surface area contributed by atoms with Gasteiger partial charge in [0, 0.05) is 19.1 Å². The van der Waals surface area contributed by atoms with E-state index in [1.54, 1.807) is 18.4 Å². The topological polar surface area (TPSA) is 48.6 Å². The van der Waals surface area contributed by atoms with E-state index in [4.69, 9.17) is 4.42 Å². The average molecular weight is 240 g/mol. The molecular weight excluding hydrogens is 216 g/mol. The van der Waals surface area contributed by atoms with Crippen LogP contribution in [0.4, 0.5) is 0 Å².